The largest absolute Gasteiger partial charge is 0.454 e. The molecule has 0 aliphatic carbocycles. The summed E-state index contributed by atoms with van der Waals surface area (Å²) in [6, 6.07) is 10.5. The van der Waals surface area contributed by atoms with E-state index in [1.165, 1.54) is 11.1 Å². The van der Waals surface area contributed by atoms with Crippen LogP contribution in [0, 0.1) is 0 Å². The van der Waals surface area contributed by atoms with Gasteiger partial charge in [0.05, 0.1) is 5.69 Å². The minimum Gasteiger partial charge on any atom is -0.454 e. The van der Waals surface area contributed by atoms with Gasteiger partial charge in [-0.05, 0) is 48.0 Å². The fourth-order valence-corrected chi connectivity index (χ4v) is 3.23. The summed E-state index contributed by atoms with van der Waals surface area (Å²) in [5, 5.41) is 1.22. The first-order chi connectivity index (χ1) is 12.0. The van der Waals surface area contributed by atoms with Crippen molar-refractivity contribution in [3.63, 3.8) is 0 Å². The second-order valence-corrected chi connectivity index (χ2v) is 7.11. The molecule has 1 fully saturated rings. The molecular formula is C17H10Br2N2O4. The summed E-state index contributed by atoms with van der Waals surface area (Å²) in [4.78, 5) is 24.9. The van der Waals surface area contributed by atoms with Crippen LogP contribution in [0.5, 0.6) is 11.5 Å². The molecule has 4 rings (SSSR count). The van der Waals surface area contributed by atoms with Crippen LogP contribution in [0.1, 0.15) is 5.56 Å². The molecule has 2 aromatic carbocycles. The average Bonchev–Trinajstić information content (AvgIpc) is 3.15. The second kappa shape index (κ2) is 6.20. The van der Waals surface area contributed by atoms with Crippen LogP contribution in [0.4, 0.5) is 5.69 Å². The van der Waals surface area contributed by atoms with E-state index in [1.54, 1.807) is 36.4 Å². The maximum Gasteiger partial charge on any atom is 0.282 e. The highest BCUT2D eigenvalue weighted by Gasteiger charge is 2.34. The maximum atomic E-state index is 12.6. The molecule has 2 aliphatic rings. The van der Waals surface area contributed by atoms with Gasteiger partial charge in [-0.15, -0.1) is 0 Å². The average molecular weight is 466 g/mol. The summed E-state index contributed by atoms with van der Waals surface area (Å²) in [6.07, 6.45) is 1.53. The highest BCUT2D eigenvalue weighted by molar-refractivity contribution is 9.10. The highest BCUT2D eigenvalue weighted by atomic mass is 79.9. The number of ether oxygens (including phenoxy) is 2. The number of halogens is 2. The van der Waals surface area contributed by atoms with Crippen LogP contribution in [0.15, 0.2) is 50.9 Å². The van der Waals surface area contributed by atoms with Gasteiger partial charge >= 0.3 is 0 Å². The lowest BCUT2D eigenvalue weighted by atomic mass is 10.1. The third kappa shape index (κ3) is 2.91. The van der Waals surface area contributed by atoms with Crippen LogP contribution in [0.3, 0.4) is 0 Å². The molecule has 0 spiro atoms. The van der Waals surface area contributed by atoms with Crippen LogP contribution in [-0.4, -0.2) is 18.6 Å². The Balaban J connectivity index is 1.69. The Labute approximate surface area is 159 Å². The van der Waals surface area contributed by atoms with Gasteiger partial charge in [0.1, 0.15) is 5.57 Å². The number of nitrogens with zero attached hydrogens (tertiary/aromatic N) is 1. The monoisotopic (exact) mass is 464 g/mol. The van der Waals surface area contributed by atoms with Gasteiger partial charge in [-0.3, -0.25) is 15.0 Å². The number of fused-ring (bicyclic) bond motifs is 1. The van der Waals surface area contributed by atoms with Crippen molar-refractivity contribution in [2.75, 3.05) is 11.8 Å². The van der Waals surface area contributed by atoms with E-state index in [0.717, 1.165) is 4.47 Å². The van der Waals surface area contributed by atoms with E-state index in [1.807, 2.05) is 0 Å². The molecule has 2 amide bonds. The molecule has 1 N–H and O–H groups in total. The van der Waals surface area contributed by atoms with Gasteiger partial charge in [0.2, 0.25) is 6.79 Å². The number of rotatable bonds is 2. The van der Waals surface area contributed by atoms with Gasteiger partial charge in [-0.1, -0.05) is 31.9 Å². The van der Waals surface area contributed by atoms with Crippen molar-refractivity contribution in [3.05, 3.63) is 56.5 Å². The molecule has 2 heterocycles. The third-order valence-electron chi connectivity index (χ3n) is 3.77. The Morgan fingerprint density at radius 3 is 2.44 bits per heavy atom. The van der Waals surface area contributed by atoms with Crippen LogP contribution in [0.25, 0.3) is 6.08 Å². The van der Waals surface area contributed by atoms with E-state index >= 15 is 0 Å². The number of anilines is 1. The predicted molar refractivity (Wildman–Crippen MR) is 98.0 cm³/mol. The molecule has 0 saturated carbocycles. The summed E-state index contributed by atoms with van der Waals surface area (Å²) in [5.41, 5.74) is 3.85. The Bertz CT molecular complexity index is 925. The zero-order valence-electron chi connectivity index (χ0n) is 12.6. The summed E-state index contributed by atoms with van der Waals surface area (Å²) in [5.74, 6) is 0.313. The molecule has 1 saturated heterocycles. The van der Waals surface area contributed by atoms with Crippen molar-refractivity contribution in [1.29, 1.82) is 0 Å². The molecule has 6 nitrogen and oxygen atoms in total. The van der Waals surface area contributed by atoms with Crippen molar-refractivity contribution >= 4 is 55.4 Å². The van der Waals surface area contributed by atoms with Gasteiger partial charge in [0.25, 0.3) is 11.8 Å². The highest BCUT2D eigenvalue weighted by Crippen LogP contribution is 2.38. The summed E-state index contributed by atoms with van der Waals surface area (Å²) in [6.45, 7) is 0.151. The molecule has 126 valence electrons. The number of hydrazine groups is 1. The smallest absolute Gasteiger partial charge is 0.282 e. The first kappa shape index (κ1) is 16.2. The van der Waals surface area contributed by atoms with Gasteiger partial charge in [-0.25, -0.2) is 5.01 Å². The topological polar surface area (TPSA) is 67.9 Å². The normalized spacial score (nSPS) is 17.4. The van der Waals surface area contributed by atoms with Crippen LogP contribution in [-0.2, 0) is 9.59 Å². The summed E-state index contributed by atoms with van der Waals surface area (Å²) >= 11 is 6.76. The number of carbonyl (C=O) groups excluding carboxylic acids is 2. The minimum atomic E-state index is -0.461. The Hall–Kier alpha value is -2.32. The Kier molecular flexibility index (Phi) is 4.01. The molecule has 2 aromatic rings. The lowest BCUT2D eigenvalue weighted by molar-refractivity contribution is -0.117. The lowest BCUT2D eigenvalue weighted by Crippen LogP contribution is -2.35. The second-order valence-electron chi connectivity index (χ2n) is 5.34. The SMILES string of the molecule is O=C1NN(c2ccc(Br)cc2)C(=O)/C1=C\c1cc2c(cc1Br)OCO2. The zero-order valence-corrected chi connectivity index (χ0v) is 15.8. The van der Waals surface area contributed by atoms with Crippen LogP contribution >= 0.6 is 31.9 Å². The summed E-state index contributed by atoms with van der Waals surface area (Å²) < 4.78 is 12.2. The van der Waals surface area contributed by atoms with E-state index in [9.17, 15) is 9.59 Å². The zero-order chi connectivity index (χ0) is 17.6. The van der Waals surface area contributed by atoms with Crippen LogP contribution in [0.2, 0.25) is 0 Å². The van der Waals surface area contributed by atoms with E-state index in [2.05, 4.69) is 37.3 Å². The molecule has 0 radical (unpaired) electrons. The van der Waals surface area contributed by atoms with Crippen molar-refractivity contribution < 1.29 is 19.1 Å². The van der Waals surface area contributed by atoms with E-state index < -0.39 is 11.8 Å². The number of nitrogens with one attached hydrogen (secondary N) is 1. The first-order valence-electron chi connectivity index (χ1n) is 7.25. The fourth-order valence-electron chi connectivity index (χ4n) is 2.53. The fraction of sp³-hybridized carbons (Fsp3) is 0.0588. The maximum absolute atomic E-state index is 12.6. The molecule has 0 bridgehead atoms. The van der Waals surface area contributed by atoms with E-state index in [0.29, 0.717) is 27.2 Å². The van der Waals surface area contributed by atoms with Gasteiger partial charge in [-0.2, -0.15) is 0 Å². The number of hydrogen-bond donors (Lipinski definition) is 1. The molecule has 25 heavy (non-hydrogen) atoms. The van der Waals surface area contributed by atoms with Crippen molar-refractivity contribution in [2.45, 2.75) is 0 Å². The number of amides is 2. The van der Waals surface area contributed by atoms with E-state index in [4.69, 9.17) is 9.47 Å². The summed E-state index contributed by atoms with van der Waals surface area (Å²) in [7, 11) is 0. The number of carbonyl (C=O) groups is 2. The minimum absolute atomic E-state index is 0.0440. The lowest BCUT2D eigenvalue weighted by Gasteiger charge is -2.14. The van der Waals surface area contributed by atoms with Crippen molar-refractivity contribution in [2.24, 2.45) is 0 Å². The Morgan fingerprint density at radius 1 is 1.04 bits per heavy atom. The Morgan fingerprint density at radius 2 is 1.72 bits per heavy atom. The molecule has 2 aliphatic heterocycles. The molecular weight excluding hydrogens is 456 g/mol. The van der Waals surface area contributed by atoms with Gasteiger partial charge < -0.3 is 9.47 Å². The van der Waals surface area contributed by atoms with Crippen molar-refractivity contribution in [1.82, 2.24) is 5.43 Å². The van der Waals surface area contributed by atoms with Crippen molar-refractivity contribution in [3.8, 4) is 11.5 Å². The number of benzene rings is 2. The molecule has 0 atom stereocenters. The third-order valence-corrected chi connectivity index (χ3v) is 4.98. The molecule has 0 aromatic heterocycles. The van der Waals surface area contributed by atoms with E-state index in [-0.39, 0.29) is 12.4 Å². The van der Waals surface area contributed by atoms with Gasteiger partial charge in [0, 0.05) is 8.95 Å². The molecule has 0 unspecified atom stereocenters. The van der Waals surface area contributed by atoms with Gasteiger partial charge in [0.15, 0.2) is 11.5 Å². The first-order valence-corrected chi connectivity index (χ1v) is 8.83. The molecule has 8 heteroatoms. The quantitative estimate of drug-likeness (QED) is 0.545. The van der Waals surface area contributed by atoms with Crippen LogP contribution < -0.4 is 19.9 Å². The standard InChI is InChI=1S/C17H10Br2N2O4/c18-10-1-3-11(4-2-10)21-17(23)12(16(22)20-21)5-9-6-14-15(7-13(9)19)25-8-24-14/h1-7H,8H2,(H,20,22)/b12-5-. The number of hydrogen-bond acceptors (Lipinski definition) is 4. The predicted octanol–water partition coefficient (Wildman–Crippen LogP) is 3.40.